The van der Waals surface area contributed by atoms with Crippen molar-refractivity contribution in [1.82, 2.24) is 9.97 Å². The summed E-state index contributed by atoms with van der Waals surface area (Å²) in [6, 6.07) is 6.27. The van der Waals surface area contributed by atoms with Gasteiger partial charge in [-0.3, -0.25) is 0 Å². The van der Waals surface area contributed by atoms with Crippen molar-refractivity contribution in [2.75, 3.05) is 5.32 Å². The number of esters is 1. The fourth-order valence-electron chi connectivity index (χ4n) is 3.08. The highest BCUT2D eigenvalue weighted by molar-refractivity contribution is 6.36. The Kier molecular flexibility index (Phi) is 6.22. The minimum Gasteiger partial charge on any atom is -0.454 e. The van der Waals surface area contributed by atoms with Crippen molar-refractivity contribution in [3.63, 3.8) is 0 Å². The summed E-state index contributed by atoms with van der Waals surface area (Å²) in [7, 11) is 0. The van der Waals surface area contributed by atoms with E-state index in [-0.39, 0.29) is 17.8 Å². The van der Waals surface area contributed by atoms with Gasteiger partial charge in [0, 0.05) is 12.4 Å². The fraction of sp³-hybridized carbons (Fsp3) is 0.368. The Balaban J connectivity index is 1.85. The Morgan fingerprint density at radius 1 is 1.19 bits per heavy atom. The second kappa shape index (κ2) is 9.00. The molecule has 1 fully saturated rings. The second-order valence-electron chi connectivity index (χ2n) is 6.35. The van der Waals surface area contributed by atoms with E-state index in [9.17, 15) is 14.7 Å². The third-order valence-corrected chi connectivity index (χ3v) is 4.46. The van der Waals surface area contributed by atoms with Crippen LogP contribution in [0.25, 0.3) is 5.53 Å². The largest absolute Gasteiger partial charge is 0.454 e. The van der Waals surface area contributed by atoms with Gasteiger partial charge >= 0.3 is 11.7 Å². The Labute approximate surface area is 156 Å². The monoisotopic (exact) mass is 369 g/mol. The number of anilines is 1. The van der Waals surface area contributed by atoms with Gasteiger partial charge in [-0.05, 0) is 49.4 Å². The lowest BCUT2D eigenvalue weighted by atomic mass is 9.97. The van der Waals surface area contributed by atoms with Crippen LogP contribution in [0.1, 0.15) is 43.7 Å². The van der Waals surface area contributed by atoms with E-state index in [1.807, 2.05) is 0 Å². The van der Waals surface area contributed by atoms with Crippen molar-refractivity contribution in [2.45, 2.75) is 44.2 Å². The van der Waals surface area contributed by atoms with Gasteiger partial charge in [-0.1, -0.05) is 18.6 Å². The number of halogens is 1. The molecular weight excluding hydrogens is 349 g/mol. The van der Waals surface area contributed by atoms with Crippen LogP contribution in [0.5, 0.6) is 0 Å². The molecule has 0 spiro atoms. The van der Waals surface area contributed by atoms with E-state index < -0.39 is 17.8 Å². The van der Waals surface area contributed by atoms with Gasteiger partial charge in [-0.25, -0.2) is 19.2 Å². The molecule has 1 atom stereocenters. The summed E-state index contributed by atoms with van der Waals surface area (Å²) in [5, 5.41) is 2.95. The molecule has 0 amide bonds. The molecule has 27 heavy (non-hydrogen) atoms. The molecule has 1 N–H and O–H groups in total. The SMILES string of the molecule is [N-]=[N+]=C(C(=O)OC1CCCCC1)C(Nc1ncccn1)c1ccc(F)cc1. The molecule has 7 nitrogen and oxygen atoms in total. The van der Waals surface area contributed by atoms with Crippen LogP contribution in [0, 0.1) is 5.82 Å². The zero-order valence-electron chi connectivity index (χ0n) is 14.7. The number of hydrogen-bond acceptors (Lipinski definition) is 5. The summed E-state index contributed by atoms with van der Waals surface area (Å²) < 4.78 is 18.8. The summed E-state index contributed by atoms with van der Waals surface area (Å²) in [4.78, 5) is 24.0. The van der Waals surface area contributed by atoms with Crippen LogP contribution in [0.2, 0.25) is 0 Å². The molecule has 0 bridgehead atoms. The van der Waals surface area contributed by atoms with Crippen LogP contribution >= 0.6 is 0 Å². The van der Waals surface area contributed by atoms with E-state index in [2.05, 4.69) is 20.1 Å². The van der Waals surface area contributed by atoms with Crippen molar-refractivity contribution < 1.29 is 18.7 Å². The van der Waals surface area contributed by atoms with E-state index in [1.54, 1.807) is 6.07 Å². The molecule has 1 aliphatic carbocycles. The molecule has 1 aliphatic rings. The molecule has 1 heterocycles. The first-order valence-corrected chi connectivity index (χ1v) is 8.89. The van der Waals surface area contributed by atoms with Gasteiger partial charge in [0.2, 0.25) is 5.95 Å². The van der Waals surface area contributed by atoms with E-state index in [4.69, 9.17) is 4.74 Å². The third-order valence-electron chi connectivity index (χ3n) is 4.46. The molecular formula is C19H20FN5O2. The average molecular weight is 369 g/mol. The lowest BCUT2D eigenvalue weighted by Crippen LogP contribution is -2.34. The summed E-state index contributed by atoms with van der Waals surface area (Å²) in [6.45, 7) is 0. The first-order valence-electron chi connectivity index (χ1n) is 8.89. The highest BCUT2D eigenvalue weighted by Gasteiger charge is 2.36. The number of carbonyl (C=O) groups is 1. The van der Waals surface area contributed by atoms with Crippen LogP contribution in [-0.2, 0) is 9.53 Å². The third kappa shape index (κ3) is 4.95. The highest BCUT2D eigenvalue weighted by atomic mass is 19.1. The fourth-order valence-corrected chi connectivity index (χ4v) is 3.08. The zero-order chi connectivity index (χ0) is 19.1. The summed E-state index contributed by atoms with van der Waals surface area (Å²) in [5.41, 5.74) is 9.80. The summed E-state index contributed by atoms with van der Waals surface area (Å²) in [5.74, 6) is -0.902. The second-order valence-corrected chi connectivity index (χ2v) is 6.35. The van der Waals surface area contributed by atoms with Crippen molar-refractivity contribution in [3.05, 3.63) is 59.6 Å². The maximum absolute atomic E-state index is 13.3. The molecule has 1 unspecified atom stereocenters. The van der Waals surface area contributed by atoms with Crippen molar-refractivity contribution >= 4 is 17.6 Å². The topological polar surface area (TPSA) is 101 Å². The number of carbonyl (C=O) groups excluding carboxylic acids is 1. The minimum atomic E-state index is -0.894. The standard InChI is InChI=1S/C19H20FN5O2/c20-14-9-7-13(8-10-14)16(24-19-22-11-4-12-23-19)17(25-21)18(26)27-15-5-2-1-3-6-15/h4,7-12,15-16H,1-3,5-6H2,(H,22,23,24). The maximum atomic E-state index is 13.3. The number of hydrogen-bond donors (Lipinski definition) is 1. The highest BCUT2D eigenvalue weighted by Crippen LogP contribution is 2.23. The summed E-state index contributed by atoms with van der Waals surface area (Å²) in [6.07, 6.45) is 7.59. The predicted molar refractivity (Wildman–Crippen MR) is 96.4 cm³/mol. The minimum absolute atomic E-state index is 0.190. The van der Waals surface area contributed by atoms with Gasteiger partial charge in [0.1, 0.15) is 11.9 Å². The van der Waals surface area contributed by atoms with E-state index in [1.165, 1.54) is 36.7 Å². The molecule has 0 radical (unpaired) electrons. The first kappa shape index (κ1) is 18.7. The zero-order valence-corrected chi connectivity index (χ0v) is 14.7. The molecule has 3 rings (SSSR count). The number of ether oxygens (including phenoxy) is 1. The van der Waals surface area contributed by atoms with Gasteiger partial charge in [0.05, 0.1) is 0 Å². The van der Waals surface area contributed by atoms with Crippen LogP contribution in [0.15, 0.2) is 42.7 Å². The Morgan fingerprint density at radius 2 is 1.85 bits per heavy atom. The predicted octanol–water partition coefficient (Wildman–Crippen LogP) is 3.32. The molecule has 0 saturated heterocycles. The Hall–Kier alpha value is -3.12. The van der Waals surface area contributed by atoms with Crippen molar-refractivity contribution in [3.8, 4) is 0 Å². The van der Waals surface area contributed by atoms with Crippen LogP contribution in [0.4, 0.5) is 10.3 Å². The quantitative estimate of drug-likeness (QED) is 0.364. The van der Waals surface area contributed by atoms with Crippen molar-refractivity contribution in [2.24, 2.45) is 0 Å². The van der Waals surface area contributed by atoms with Crippen LogP contribution < -0.4 is 5.32 Å². The lowest BCUT2D eigenvalue weighted by Gasteiger charge is -2.22. The molecule has 140 valence electrons. The number of nitrogens with one attached hydrogen (secondary N) is 1. The molecule has 1 saturated carbocycles. The molecule has 8 heteroatoms. The number of rotatable bonds is 6. The smallest absolute Gasteiger partial charge is 0.419 e. The van der Waals surface area contributed by atoms with Gasteiger partial charge in [0.15, 0.2) is 6.04 Å². The Morgan fingerprint density at radius 3 is 2.48 bits per heavy atom. The summed E-state index contributed by atoms with van der Waals surface area (Å²) >= 11 is 0. The average Bonchev–Trinajstić information content (AvgIpc) is 2.70. The molecule has 1 aromatic heterocycles. The number of nitrogens with zero attached hydrogens (tertiary/aromatic N) is 4. The van der Waals surface area contributed by atoms with Gasteiger partial charge in [0.25, 0.3) is 0 Å². The van der Waals surface area contributed by atoms with E-state index in [0.717, 1.165) is 32.1 Å². The van der Waals surface area contributed by atoms with Crippen molar-refractivity contribution in [1.29, 1.82) is 0 Å². The first-order chi connectivity index (χ1) is 13.2. The molecule has 1 aromatic carbocycles. The maximum Gasteiger partial charge on any atom is 0.419 e. The lowest BCUT2D eigenvalue weighted by molar-refractivity contribution is -0.147. The van der Waals surface area contributed by atoms with Gasteiger partial charge in [-0.2, -0.15) is 4.79 Å². The normalized spacial score (nSPS) is 15.4. The van der Waals surface area contributed by atoms with Gasteiger partial charge in [-0.15, -0.1) is 0 Å². The number of aromatic nitrogens is 2. The van der Waals surface area contributed by atoms with Gasteiger partial charge < -0.3 is 15.6 Å². The van der Waals surface area contributed by atoms with Crippen LogP contribution in [-0.4, -0.2) is 32.5 Å². The van der Waals surface area contributed by atoms with E-state index >= 15 is 0 Å². The molecule has 0 aliphatic heterocycles. The Bertz CT molecular complexity index is 816. The van der Waals surface area contributed by atoms with E-state index in [0.29, 0.717) is 5.56 Å². The van der Waals surface area contributed by atoms with Crippen LogP contribution in [0.3, 0.4) is 0 Å². The number of benzene rings is 1. The molecule has 2 aromatic rings.